The Morgan fingerprint density at radius 2 is 1.67 bits per heavy atom. The zero-order valence-electron chi connectivity index (χ0n) is 14.2. The first-order valence-corrected chi connectivity index (χ1v) is 9.73. The third-order valence-corrected chi connectivity index (χ3v) is 5.89. The van der Waals surface area contributed by atoms with E-state index in [9.17, 15) is 4.79 Å². The van der Waals surface area contributed by atoms with Gasteiger partial charge in [0.15, 0.2) is 0 Å². The summed E-state index contributed by atoms with van der Waals surface area (Å²) in [5, 5.41) is 0. The first-order valence-electron chi connectivity index (χ1n) is 8.12. The Labute approximate surface area is 131 Å². The lowest BCUT2D eigenvalue weighted by molar-refractivity contribution is -0.139. The maximum atomic E-state index is 11.3. The molecule has 0 aromatic rings. The van der Waals surface area contributed by atoms with Gasteiger partial charge in [-0.3, -0.25) is 0 Å². The molecule has 0 radical (unpaired) electrons. The minimum absolute atomic E-state index is 0.304. The van der Waals surface area contributed by atoms with Crippen molar-refractivity contribution in [2.45, 2.75) is 65.3 Å². The van der Waals surface area contributed by atoms with Crippen LogP contribution in [0.15, 0.2) is 12.2 Å². The van der Waals surface area contributed by atoms with E-state index in [4.69, 9.17) is 13.6 Å². The molecular weight excluding hydrogens is 284 g/mol. The Morgan fingerprint density at radius 1 is 1.10 bits per heavy atom. The Hall–Kier alpha value is -0.653. The standard InChI is InChI=1S/C16H32O4Si/c1-6-11-19-21(20-12-7-2)15(8-3)10-9-13-18-16(17)14(4)5/h15,21H,4,6-13H2,1-3,5H3. The summed E-state index contributed by atoms with van der Waals surface area (Å²) in [6, 6.07) is 0. The van der Waals surface area contributed by atoms with Gasteiger partial charge in [-0.1, -0.05) is 33.8 Å². The van der Waals surface area contributed by atoms with Gasteiger partial charge in [-0.15, -0.1) is 0 Å². The predicted molar refractivity (Wildman–Crippen MR) is 88.7 cm³/mol. The van der Waals surface area contributed by atoms with Gasteiger partial charge in [0.05, 0.1) is 6.61 Å². The summed E-state index contributed by atoms with van der Waals surface area (Å²) < 4.78 is 17.1. The second-order valence-corrected chi connectivity index (χ2v) is 7.68. The van der Waals surface area contributed by atoms with Crippen LogP contribution in [0, 0.1) is 0 Å². The molecular formula is C16H32O4Si. The topological polar surface area (TPSA) is 44.8 Å². The van der Waals surface area contributed by atoms with Crippen LogP contribution in [0.5, 0.6) is 0 Å². The summed E-state index contributed by atoms with van der Waals surface area (Å²) in [4.78, 5) is 11.3. The molecule has 0 spiro atoms. The van der Waals surface area contributed by atoms with Gasteiger partial charge in [-0.25, -0.2) is 4.79 Å². The van der Waals surface area contributed by atoms with E-state index in [0.29, 0.717) is 17.7 Å². The minimum atomic E-state index is -1.63. The lowest BCUT2D eigenvalue weighted by Crippen LogP contribution is -2.30. The number of hydrogen-bond donors (Lipinski definition) is 0. The van der Waals surface area contributed by atoms with Crippen LogP contribution in [0.25, 0.3) is 0 Å². The molecule has 0 fully saturated rings. The average Bonchev–Trinajstić information content (AvgIpc) is 2.48. The quantitative estimate of drug-likeness (QED) is 0.225. The monoisotopic (exact) mass is 316 g/mol. The van der Waals surface area contributed by atoms with E-state index in [1.165, 1.54) is 0 Å². The van der Waals surface area contributed by atoms with Crippen molar-refractivity contribution in [2.75, 3.05) is 19.8 Å². The molecule has 0 aliphatic heterocycles. The first-order chi connectivity index (χ1) is 10.1. The highest BCUT2D eigenvalue weighted by Gasteiger charge is 2.24. The molecule has 0 aromatic carbocycles. The lowest BCUT2D eigenvalue weighted by atomic mass is 10.2. The van der Waals surface area contributed by atoms with Crippen molar-refractivity contribution in [3.63, 3.8) is 0 Å². The molecule has 0 heterocycles. The van der Waals surface area contributed by atoms with E-state index in [1.807, 2.05) is 0 Å². The van der Waals surface area contributed by atoms with Crippen molar-refractivity contribution in [3.8, 4) is 0 Å². The number of rotatable bonds is 13. The summed E-state index contributed by atoms with van der Waals surface area (Å²) in [5.74, 6) is -0.304. The fraction of sp³-hybridized carbons (Fsp3) is 0.812. The van der Waals surface area contributed by atoms with Crippen molar-refractivity contribution in [1.29, 1.82) is 0 Å². The van der Waals surface area contributed by atoms with Crippen LogP contribution in [-0.2, 0) is 18.4 Å². The van der Waals surface area contributed by atoms with Crippen molar-refractivity contribution in [1.82, 2.24) is 0 Å². The highest BCUT2D eigenvalue weighted by Crippen LogP contribution is 2.23. The number of esters is 1. The van der Waals surface area contributed by atoms with E-state index in [-0.39, 0.29) is 5.97 Å². The summed E-state index contributed by atoms with van der Waals surface area (Å²) in [6.07, 6.45) is 4.94. The van der Waals surface area contributed by atoms with Crippen LogP contribution in [0.3, 0.4) is 0 Å². The van der Waals surface area contributed by atoms with E-state index in [1.54, 1.807) is 6.92 Å². The summed E-state index contributed by atoms with van der Waals surface area (Å²) >= 11 is 0. The summed E-state index contributed by atoms with van der Waals surface area (Å²) in [7, 11) is -1.63. The number of carbonyl (C=O) groups is 1. The zero-order chi connectivity index (χ0) is 16.1. The second-order valence-electron chi connectivity index (χ2n) is 5.34. The average molecular weight is 317 g/mol. The molecule has 0 saturated carbocycles. The van der Waals surface area contributed by atoms with Gasteiger partial charge in [-0.05, 0) is 38.1 Å². The van der Waals surface area contributed by atoms with Gasteiger partial charge in [0.2, 0.25) is 0 Å². The van der Waals surface area contributed by atoms with E-state index in [2.05, 4.69) is 27.4 Å². The first kappa shape index (κ1) is 20.3. The van der Waals surface area contributed by atoms with Crippen LogP contribution in [-0.4, -0.2) is 35.1 Å². The van der Waals surface area contributed by atoms with Crippen LogP contribution in [0.4, 0.5) is 0 Å². The Bertz CT molecular complexity index is 286. The molecule has 0 N–H and O–H groups in total. The molecule has 0 aliphatic carbocycles. The van der Waals surface area contributed by atoms with Crippen LogP contribution >= 0.6 is 0 Å². The summed E-state index contributed by atoms with van der Waals surface area (Å²) in [5.41, 5.74) is 0.929. The minimum Gasteiger partial charge on any atom is -0.462 e. The molecule has 0 saturated heterocycles. The van der Waals surface area contributed by atoms with Gasteiger partial charge in [0, 0.05) is 18.8 Å². The largest absolute Gasteiger partial charge is 0.462 e. The fourth-order valence-electron chi connectivity index (χ4n) is 1.95. The lowest BCUT2D eigenvalue weighted by Gasteiger charge is -2.24. The summed E-state index contributed by atoms with van der Waals surface area (Å²) in [6.45, 7) is 13.6. The highest BCUT2D eigenvalue weighted by molar-refractivity contribution is 6.46. The van der Waals surface area contributed by atoms with Crippen molar-refractivity contribution in [3.05, 3.63) is 12.2 Å². The molecule has 1 unspecified atom stereocenters. The molecule has 1 atom stereocenters. The molecule has 124 valence electrons. The maximum absolute atomic E-state index is 11.3. The third kappa shape index (κ3) is 9.82. The van der Waals surface area contributed by atoms with Crippen LogP contribution in [0.2, 0.25) is 5.54 Å². The van der Waals surface area contributed by atoms with Crippen molar-refractivity contribution < 1.29 is 18.4 Å². The number of hydrogen-bond acceptors (Lipinski definition) is 4. The Morgan fingerprint density at radius 3 is 2.10 bits per heavy atom. The van der Waals surface area contributed by atoms with Gasteiger partial charge >= 0.3 is 15.3 Å². The number of carbonyl (C=O) groups excluding carboxylic acids is 1. The van der Waals surface area contributed by atoms with Gasteiger partial charge in [0.1, 0.15) is 0 Å². The number of ether oxygens (including phenoxy) is 1. The van der Waals surface area contributed by atoms with Crippen LogP contribution in [0.1, 0.15) is 59.8 Å². The molecule has 0 amide bonds. The third-order valence-electron chi connectivity index (χ3n) is 3.18. The normalized spacial score (nSPS) is 12.4. The van der Waals surface area contributed by atoms with E-state index < -0.39 is 9.28 Å². The second kappa shape index (κ2) is 13.0. The van der Waals surface area contributed by atoms with Crippen molar-refractivity contribution >= 4 is 15.3 Å². The van der Waals surface area contributed by atoms with Crippen LogP contribution < -0.4 is 0 Å². The van der Waals surface area contributed by atoms with Gasteiger partial charge < -0.3 is 13.6 Å². The van der Waals surface area contributed by atoms with Gasteiger partial charge in [0.25, 0.3) is 0 Å². The smallest absolute Gasteiger partial charge is 0.333 e. The molecule has 0 rings (SSSR count). The molecule has 0 bridgehead atoms. The highest BCUT2D eigenvalue weighted by atomic mass is 28.3. The van der Waals surface area contributed by atoms with E-state index in [0.717, 1.165) is 45.3 Å². The fourth-order valence-corrected chi connectivity index (χ4v) is 4.42. The zero-order valence-corrected chi connectivity index (χ0v) is 15.3. The van der Waals surface area contributed by atoms with E-state index >= 15 is 0 Å². The Balaban J connectivity index is 4.16. The molecule has 0 aromatic heterocycles. The maximum Gasteiger partial charge on any atom is 0.333 e. The van der Waals surface area contributed by atoms with Crippen molar-refractivity contribution in [2.24, 2.45) is 0 Å². The predicted octanol–water partition coefficient (Wildman–Crippen LogP) is 3.74. The molecule has 5 heteroatoms. The molecule has 0 aliphatic rings. The van der Waals surface area contributed by atoms with Gasteiger partial charge in [-0.2, -0.15) is 0 Å². The molecule has 21 heavy (non-hydrogen) atoms. The molecule has 4 nitrogen and oxygen atoms in total. The SMILES string of the molecule is C=C(C)C(=O)OCCCC(CC)[SiH](OCCC)OCCC. The Kier molecular flexibility index (Phi) is 12.6.